The van der Waals surface area contributed by atoms with Gasteiger partial charge >= 0.3 is 0 Å². The number of benzene rings is 1. The summed E-state index contributed by atoms with van der Waals surface area (Å²) in [5.41, 5.74) is 5.25. The SMILES string of the molecule is CC(C)(C)c1ccc2c(c1)[C@H]1[C@@H]3CC[C@@H](C3)[C@@H]21. The van der Waals surface area contributed by atoms with Gasteiger partial charge < -0.3 is 0 Å². The Balaban J connectivity index is 1.78. The van der Waals surface area contributed by atoms with Crippen LogP contribution in [0.5, 0.6) is 0 Å². The van der Waals surface area contributed by atoms with Crippen LogP contribution in [0.3, 0.4) is 0 Å². The van der Waals surface area contributed by atoms with Gasteiger partial charge in [0.15, 0.2) is 0 Å². The predicted octanol–water partition coefficient (Wildman–Crippen LogP) is 4.59. The quantitative estimate of drug-likeness (QED) is 0.606. The molecule has 0 radical (unpaired) electrons. The molecule has 4 rings (SSSR count). The monoisotopic (exact) mass is 226 g/mol. The van der Waals surface area contributed by atoms with E-state index in [1.807, 2.05) is 0 Å². The molecule has 0 aliphatic heterocycles. The van der Waals surface area contributed by atoms with Gasteiger partial charge in [0.25, 0.3) is 0 Å². The average Bonchev–Trinajstić information content (AvgIpc) is 2.79. The molecule has 1 aromatic rings. The molecule has 0 heterocycles. The van der Waals surface area contributed by atoms with Crippen LogP contribution >= 0.6 is 0 Å². The summed E-state index contributed by atoms with van der Waals surface area (Å²) in [5, 5.41) is 0. The summed E-state index contributed by atoms with van der Waals surface area (Å²) in [6.45, 7) is 6.98. The van der Waals surface area contributed by atoms with Gasteiger partial charge in [0, 0.05) is 0 Å². The first kappa shape index (κ1) is 10.2. The van der Waals surface area contributed by atoms with Crippen molar-refractivity contribution in [1.29, 1.82) is 0 Å². The number of rotatable bonds is 0. The van der Waals surface area contributed by atoms with E-state index in [0.29, 0.717) is 5.41 Å². The minimum Gasteiger partial charge on any atom is -0.0582 e. The third-order valence-electron chi connectivity index (χ3n) is 5.59. The van der Waals surface area contributed by atoms with Gasteiger partial charge in [-0.3, -0.25) is 0 Å². The van der Waals surface area contributed by atoms with Gasteiger partial charge in [0.2, 0.25) is 0 Å². The van der Waals surface area contributed by atoms with Crippen LogP contribution < -0.4 is 0 Å². The standard InChI is InChI=1S/C17H22/c1-17(2,3)12-6-7-13-14(9-12)16-11-5-4-10(8-11)15(13)16/h6-7,9-11,15-16H,4-5,8H2,1-3H3/t10-,11+,15-,16+/m0/s1. The molecular weight excluding hydrogens is 204 g/mol. The fourth-order valence-corrected chi connectivity index (χ4v) is 4.72. The van der Waals surface area contributed by atoms with Crippen molar-refractivity contribution < 1.29 is 0 Å². The zero-order valence-electron chi connectivity index (χ0n) is 11.2. The van der Waals surface area contributed by atoms with Crippen LogP contribution in [0.1, 0.15) is 68.6 Å². The zero-order valence-corrected chi connectivity index (χ0v) is 11.2. The molecule has 0 heteroatoms. The Kier molecular flexibility index (Phi) is 1.77. The average molecular weight is 226 g/mol. The molecule has 3 aliphatic carbocycles. The fourth-order valence-electron chi connectivity index (χ4n) is 4.72. The van der Waals surface area contributed by atoms with Gasteiger partial charge in [-0.05, 0) is 65.0 Å². The molecule has 0 amide bonds. The Morgan fingerprint density at radius 1 is 0.941 bits per heavy atom. The van der Waals surface area contributed by atoms with Gasteiger partial charge in [-0.1, -0.05) is 39.0 Å². The number of hydrogen-bond acceptors (Lipinski definition) is 0. The molecule has 2 bridgehead atoms. The third-order valence-corrected chi connectivity index (χ3v) is 5.59. The van der Waals surface area contributed by atoms with Crippen LogP contribution in [-0.2, 0) is 5.41 Å². The van der Waals surface area contributed by atoms with Gasteiger partial charge in [-0.15, -0.1) is 0 Å². The lowest BCUT2D eigenvalue weighted by molar-refractivity contribution is 0.322. The minimum absolute atomic E-state index is 0.303. The van der Waals surface area contributed by atoms with Crippen LogP contribution in [0.25, 0.3) is 0 Å². The lowest BCUT2D eigenvalue weighted by Crippen LogP contribution is -2.30. The molecule has 4 atom stereocenters. The molecule has 0 spiro atoms. The fraction of sp³-hybridized carbons (Fsp3) is 0.647. The molecule has 2 saturated carbocycles. The van der Waals surface area contributed by atoms with Crippen LogP contribution in [0, 0.1) is 11.8 Å². The maximum absolute atomic E-state index is 2.52. The van der Waals surface area contributed by atoms with E-state index in [2.05, 4.69) is 39.0 Å². The molecule has 90 valence electrons. The first-order chi connectivity index (χ1) is 8.05. The van der Waals surface area contributed by atoms with Crippen molar-refractivity contribution in [3.8, 4) is 0 Å². The summed E-state index contributed by atoms with van der Waals surface area (Å²) in [4.78, 5) is 0. The summed E-state index contributed by atoms with van der Waals surface area (Å²) in [7, 11) is 0. The predicted molar refractivity (Wildman–Crippen MR) is 71.5 cm³/mol. The van der Waals surface area contributed by atoms with E-state index in [1.165, 1.54) is 24.8 Å². The van der Waals surface area contributed by atoms with Gasteiger partial charge in [-0.25, -0.2) is 0 Å². The first-order valence-electron chi connectivity index (χ1n) is 7.20. The van der Waals surface area contributed by atoms with Crippen molar-refractivity contribution in [3.63, 3.8) is 0 Å². The summed E-state index contributed by atoms with van der Waals surface area (Å²) in [5.74, 6) is 3.98. The second-order valence-electron chi connectivity index (χ2n) is 7.48. The van der Waals surface area contributed by atoms with E-state index < -0.39 is 0 Å². The summed E-state index contributed by atoms with van der Waals surface area (Å²) < 4.78 is 0. The van der Waals surface area contributed by atoms with Crippen molar-refractivity contribution in [1.82, 2.24) is 0 Å². The third kappa shape index (κ3) is 1.19. The molecule has 17 heavy (non-hydrogen) atoms. The Morgan fingerprint density at radius 3 is 2.24 bits per heavy atom. The molecule has 0 N–H and O–H groups in total. The first-order valence-corrected chi connectivity index (χ1v) is 7.20. The van der Waals surface area contributed by atoms with Crippen LogP contribution in [0.2, 0.25) is 0 Å². The highest BCUT2D eigenvalue weighted by Crippen LogP contribution is 2.67. The van der Waals surface area contributed by atoms with Crippen molar-refractivity contribution in [3.05, 3.63) is 34.9 Å². The maximum atomic E-state index is 2.52. The van der Waals surface area contributed by atoms with Crippen molar-refractivity contribution in [2.75, 3.05) is 0 Å². The Morgan fingerprint density at radius 2 is 1.59 bits per heavy atom. The Hall–Kier alpha value is -0.780. The van der Waals surface area contributed by atoms with E-state index in [1.54, 1.807) is 11.1 Å². The van der Waals surface area contributed by atoms with Gasteiger partial charge in [0.1, 0.15) is 0 Å². The minimum atomic E-state index is 0.303. The Bertz CT molecular complexity index is 477. The zero-order chi connectivity index (χ0) is 11.8. The normalized spacial score (nSPS) is 37.6. The van der Waals surface area contributed by atoms with E-state index in [-0.39, 0.29) is 0 Å². The molecule has 0 saturated heterocycles. The van der Waals surface area contributed by atoms with E-state index in [9.17, 15) is 0 Å². The molecule has 0 aromatic heterocycles. The number of fused-ring (bicyclic) bond motifs is 8. The second kappa shape index (κ2) is 2.96. The maximum Gasteiger partial charge on any atom is -0.00589 e. The summed E-state index contributed by atoms with van der Waals surface area (Å²) in [6, 6.07) is 7.34. The van der Waals surface area contributed by atoms with Gasteiger partial charge in [0.05, 0.1) is 0 Å². The van der Waals surface area contributed by atoms with Crippen LogP contribution in [0.4, 0.5) is 0 Å². The molecule has 2 fully saturated rings. The molecule has 3 aliphatic rings. The van der Waals surface area contributed by atoms with Crippen LogP contribution in [-0.4, -0.2) is 0 Å². The summed E-state index contributed by atoms with van der Waals surface area (Å²) >= 11 is 0. The molecule has 1 aromatic carbocycles. The largest absolute Gasteiger partial charge is 0.0582 e. The van der Waals surface area contributed by atoms with Crippen molar-refractivity contribution in [2.24, 2.45) is 11.8 Å². The van der Waals surface area contributed by atoms with E-state index >= 15 is 0 Å². The van der Waals surface area contributed by atoms with E-state index in [4.69, 9.17) is 0 Å². The van der Waals surface area contributed by atoms with Crippen molar-refractivity contribution >= 4 is 0 Å². The smallest absolute Gasteiger partial charge is 0.00589 e. The molecular formula is C17H22. The second-order valence-corrected chi connectivity index (χ2v) is 7.48. The highest BCUT2D eigenvalue weighted by Gasteiger charge is 2.55. The topological polar surface area (TPSA) is 0 Å². The van der Waals surface area contributed by atoms with Crippen molar-refractivity contribution in [2.45, 2.75) is 57.3 Å². The summed E-state index contributed by atoms with van der Waals surface area (Å²) in [6.07, 6.45) is 4.53. The lowest BCUT2D eigenvalue weighted by atomic mass is 9.60. The number of hydrogen-bond donors (Lipinski definition) is 0. The lowest BCUT2D eigenvalue weighted by Gasteiger charge is -2.43. The highest BCUT2D eigenvalue weighted by atomic mass is 14.6. The molecule has 0 nitrogen and oxygen atoms in total. The van der Waals surface area contributed by atoms with Crippen LogP contribution in [0.15, 0.2) is 18.2 Å². The Labute approximate surface area is 104 Å². The highest BCUT2D eigenvalue weighted by molar-refractivity contribution is 5.51. The van der Waals surface area contributed by atoms with E-state index in [0.717, 1.165) is 23.7 Å². The van der Waals surface area contributed by atoms with Gasteiger partial charge in [-0.2, -0.15) is 0 Å². The molecule has 0 unspecified atom stereocenters.